The minimum atomic E-state index is -0.0250. The molecule has 0 bridgehead atoms. The number of benzene rings is 1. The summed E-state index contributed by atoms with van der Waals surface area (Å²) in [5.41, 5.74) is 1.93. The molecule has 1 heterocycles. The molecule has 0 atom stereocenters. The predicted octanol–water partition coefficient (Wildman–Crippen LogP) is 0.863. The standard InChI is InChI=1S/C11H12N2OSe/c1-3-7-9(15-2)5-4-8-10(7)11(14)13-6-12-8/h4-6H,3H2,1-2H3,(H,12,13,14). The van der Waals surface area contributed by atoms with Crippen LogP contribution in [0.1, 0.15) is 12.5 Å². The van der Waals surface area contributed by atoms with Crippen LogP contribution < -0.4 is 10.0 Å². The van der Waals surface area contributed by atoms with Crippen LogP contribution >= 0.6 is 0 Å². The zero-order valence-electron chi connectivity index (χ0n) is 8.70. The molecule has 0 saturated carbocycles. The normalized spacial score (nSPS) is 10.8. The number of fused-ring (bicyclic) bond motifs is 1. The van der Waals surface area contributed by atoms with Gasteiger partial charge in [-0.15, -0.1) is 0 Å². The molecule has 0 aliphatic heterocycles. The zero-order chi connectivity index (χ0) is 10.8. The van der Waals surface area contributed by atoms with Gasteiger partial charge in [0, 0.05) is 0 Å². The topological polar surface area (TPSA) is 45.8 Å². The van der Waals surface area contributed by atoms with Gasteiger partial charge in [0.25, 0.3) is 0 Å². The average molecular weight is 267 g/mol. The van der Waals surface area contributed by atoms with E-state index in [0.717, 1.165) is 22.9 Å². The van der Waals surface area contributed by atoms with Gasteiger partial charge >= 0.3 is 93.8 Å². The van der Waals surface area contributed by atoms with Gasteiger partial charge in [-0.3, -0.25) is 0 Å². The van der Waals surface area contributed by atoms with E-state index in [-0.39, 0.29) is 5.56 Å². The number of hydrogen-bond acceptors (Lipinski definition) is 2. The fourth-order valence-corrected chi connectivity index (χ4v) is 3.21. The van der Waals surface area contributed by atoms with Crippen molar-refractivity contribution in [3.8, 4) is 0 Å². The van der Waals surface area contributed by atoms with E-state index in [2.05, 4.69) is 28.8 Å². The third kappa shape index (κ3) is 1.71. The second kappa shape index (κ2) is 4.17. The molecule has 78 valence electrons. The Bertz CT molecular complexity index is 548. The van der Waals surface area contributed by atoms with Crippen LogP contribution in [0.3, 0.4) is 0 Å². The van der Waals surface area contributed by atoms with E-state index in [0.29, 0.717) is 15.0 Å². The average Bonchev–Trinajstić information content (AvgIpc) is 2.28. The SMILES string of the molecule is CCc1c([Se]C)ccc2nc[nH]c(=O)c12. The van der Waals surface area contributed by atoms with Crippen LogP contribution in [-0.2, 0) is 6.42 Å². The molecular formula is C11H12N2OSe. The second-order valence-corrected chi connectivity index (χ2v) is 5.01. The van der Waals surface area contributed by atoms with Crippen LogP contribution in [0.25, 0.3) is 10.9 Å². The fourth-order valence-electron chi connectivity index (χ4n) is 1.75. The summed E-state index contributed by atoms with van der Waals surface area (Å²) in [5.74, 6) is 2.16. The Hall–Kier alpha value is -1.12. The van der Waals surface area contributed by atoms with Crippen LogP contribution in [0, 0.1) is 0 Å². The Balaban J connectivity index is 2.91. The number of aromatic nitrogens is 2. The molecule has 0 amide bonds. The van der Waals surface area contributed by atoms with Crippen LogP contribution in [0.5, 0.6) is 0 Å². The van der Waals surface area contributed by atoms with Crippen molar-refractivity contribution < 1.29 is 0 Å². The quantitative estimate of drug-likeness (QED) is 0.820. The van der Waals surface area contributed by atoms with Crippen molar-refractivity contribution >= 4 is 30.3 Å². The molecule has 0 aliphatic carbocycles. The number of aryl methyl sites for hydroxylation is 1. The van der Waals surface area contributed by atoms with Crippen molar-refractivity contribution in [2.45, 2.75) is 19.2 Å². The van der Waals surface area contributed by atoms with Gasteiger partial charge in [0.05, 0.1) is 0 Å². The Morgan fingerprint density at radius 3 is 2.93 bits per heavy atom. The first kappa shape index (κ1) is 10.4. The molecule has 1 N–H and O–H groups in total. The molecule has 3 nitrogen and oxygen atoms in total. The summed E-state index contributed by atoms with van der Waals surface area (Å²) >= 11 is 0.418. The van der Waals surface area contributed by atoms with E-state index >= 15 is 0 Å². The number of rotatable bonds is 2. The van der Waals surface area contributed by atoms with Crippen LogP contribution in [0.4, 0.5) is 0 Å². The molecule has 2 aromatic rings. The molecule has 4 heteroatoms. The summed E-state index contributed by atoms with van der Waals surface area (Å²) in [6.45, 7) is 2.08. The minimum absolute atomic E-state index is 0.0250. The Morgan fingerprint density at radius 1 is 1.47 bits per heavy atom. The molecule has 15 heavy (non-hydrogen) atoms. The van der Waals surface area contributed by atoms with E-state index in [4.69, 9.17) is 0 Å². The summed E-state index contributed by atoms with van der Waals surface area (Å²) in [6, 6.07) is 4.03. The van der Waals surface area contributed by atoms with E-state index < -0.39 is 0 Å². The molecule has 0 radical (unpaired) electrons. The summed E-state index contributed by atoms with van der Waals surface area (Å²) in [5, 5.41) is 0.765. The van der Waals surface area contributed by atoms with Crippen LogP contribution in [-0.4, -0.2) is 24.9 Å². The van der Waals surface area contributed by atoms with E-state index in [1.54, 1.807) is 0 Å². The van der Waals surface area contributed by atoms with E-state index in [1.165, 1.54) is 10.8 Å². The van der Waals surface area contributed by atoms with Crippen molar-refractivity contribution in [2.24, 2.45) is 0 Å². The monoisotopic (exact) mass is 268 g/mol. The summed E-state index contributed by atoms with van der Waals surface area (Å²) in [7, 11) is 0. The summed E-state index contributed by atoms with van der Waals surface area (Å²) in [4.78, 5) is 18.6. The van der Waals surface area contributed by atoms with Gasteiger partial charge in [-0.25, -0.2) is 0 Å². The summed E-state index contributed by atoms with van der Waals surface area (Å²) < 4.78 is 1.30. The van der Waals surface area contributed by atoms with Crippen molar-refractivity contribution in [2.75, 3.05) is 0 Å². The number of nitrogens with zero attached hydrogens (tertiary/aromatic N) is 1. The molecule has 0 unspecified atom stereocenters. The van der Waals surface area contributed by atoms with Gasteiger partial charge in [0.2, 0.25) is 0 Å². The Kier molecular flexibility index (Phi) is 2.89. The summed E-state index contributed by atoms with van der Waals surface area (Å²) in [6.07, 6.45) is 2.35. The van der Waals surface area contributed by atoms with Gasteiger partial charge in [-0.05, 0) is 0 Å². The number of aromatic amines is 1. The van der Waals surface area contributed by atoms with E-state index in [1.807, 2.05) is 6.07 Å². The first-order chi connectivity index (χ1) is 7.27. The van der Waals surface area contributed by atoms with Gasteiger partial charge in [0.15, 0.2) is 0 Å². The molecule has 1 aromatic carbocycles. The van der Waals surface area contributed by atoms with Gasteiger partial charge < -0.3 is 0 Å². The van der Waals surface area contributed by atoms with Gasteiger partial charge in [-0.1, -0.05) is 0 Å². The number of H-pyrrole nitrogens is 1. The Labute approximate surface area is 94.1 Å². The fraction of sp³-hybridized carbons (Fsp3) is 0.273. The second-order valence-electron chi connectivity index (χ2n) is 3.23. The van der Waals surface area contributed by atoms with Crippen molar-refractivity contribution in [3.05, 3.63) is 34.4 Å². The third-order valence-electron chi connectivity index (χ3n) is 2.45. The Morgan fingerprint density at radius 2 is 2.27 bits per heavy atom. The molecule has 0 spiro atoms. The molecular weight excluding hydrogens is 255 g/mol. The van der Waals surface area contributed by atoms with Crippen LogP contribution in [0.15, 0.2) is 23.3 Å². The maximum absolute atomic E-state index is 11.7. The molecule has 2 rings (SSSR count). The maximum atomic E-state index is 11.7. The van der Waals surface area contributed by atoms with Crippen molar-refractivity contribution in [3.63, 3.8) is 0 Å². The van der Waals surface area contributed by atoms with Crippen molar-refractivity contribution in [1.29, 1.82) is 0 Å². The third-order valence-corrected chi connectivity index (χ3v) is 4.17. The van der Waals surface area contributed by atoms with Gasteiger partial charge in [0.1, 0.15) is 0 Å². The van der Waals surface area contributed by atoms with Crippen LogP contribution in [0.2, 0.25) is 5.82 Å². The van der Waals surface area contributed by atoms with Crippen molar-refractivity contribution in [1.82, 2.24) is 9.97 Å². The molecule has 0 fully saturated rings. The predicted molar refractivity (Wildman–Crippen MR) is 63.0 cm³/mol. The van der Waals surface area contributed by atoms with Gasteiger partial charge in [-0.2, -0.15) is 0 Å². The molecule has 1 aromatic heterocycles. The first-order valence-corrected chi connectivity index (χ1v) is 7.38. The molecule has 0 aliphatic rings. The molecule has 0 saturated heterocycles. The number of nitrogens with one attached hydrogen (secondary N) is 1. The number of hydrogen-bond donors (Lipinski definition) is 1. The first-order valence-electron chi connectivity index (χ1n) is 4.81. The zero-order valence-corrected chi connectivity index (χ0v) is 10.4. The van der Waals surface area contributed by atoms with E-state index in [9.17, 15) is 4.79 Å².